The number of furan rings is 2. The first-order valence-electron chi connectivity index (χ1n) is 19.8. The van der Waals surface area contributed by atoms with E-state index in [4.69, 9.17) is 8.83 Å². The number of para-hydroxylation sites is 4. The lowest BCUT2D eigenvalue weighted by molar-refractivity contribution is 0.664. The lowest BCUT2D eigenvalue weighted by Crippen LogP contribution is -1.93. The molecule has 4 nitrogen and oxygen atoms in total. The molecular weight excluding hydrogens is 709 g/mol. The summed E-state index contributed by atoms with van der Waals surface area (Å²) in [6.07, 6.45) is 0. The van der Waals surface area contributed by atoms with Crippen molar-refractivity contribution in [2.45, 2.75) is 0 Å². The molecule has 0 unspecified atom stereocenters. The van der Waals surface area contributed by atoms with Crippen molar-refractivity contribution in [2.24, 2.45) is 0 Å². The van der Waals surface area contributed by atoms with Crippen LogP contribution in [0.4, 0.5) is 0 Å². The minimum absolute atomic E-state index is 0.826. The van der Waals surface area contributed by atoms with Crippen molar-refractivity contribution in [1.82, 2.24) is 9.13 Å². The molecule has 0 atom stereocenters. The molecule has 0 fully saturated rings. The summed E-state index contributed by atoms with van der Waals surface area (Å²) in [6, 6.07) is 69.4. The number of nitrogens with zero attached hydrogens (tertiary/aromatic N) is 2. The molecule has 0 saturated carbocycles. The average molecular weight is 741 g/mol. The lowest BCUT2D eigenvalue weighted by Gasteiger charge is -2.10. The van der Waals surface area contributed by atoms with E-state index in [0.29, 0.717) is 0 Å². The second-order valence-corrected chi connectivity index (χ2v) is 15.3. The fraction of sp³-hybridized carbons (Fsp3) is 0. The highest BCUT2D eigenvalue weighted by atomic mass is 16.3. The Balaban J connectivity index is 1.11. The van der Waals surface area contributed by atoms with Crippen molar-refractivity contribution in [3.05, 3.63) is 194 Å². The van der Waals surface area contributed by atoms with Gasteiger partial charge in [0.05, 0.1) is 22.1 Å². The molecule has 0 bridgehead atoms. The van der Waals surface area contributed by atoms with Crippen LogP contribution < -0.4 is 0 Å². The first kappa shape index (κ1) is 31.4. The molecule has 4 heteroatoms. The van der Waals surface area contributed by atoms with Crippen LogP contribution in [0.15, 0.2) is 203 Å². The summed E-state index contributed by atoms with van der Waals surface area (Å²) in [5.41, 5.74) is 14.6. The summed E-state index contributed by atoms with van der Waals surface area (Å²) in [6.45, 7) is 0. The van der Waals surface area contributed by atoms with Gasteiger partial charge in [-0.05, 0) is 89.5 Å². The van der Waals surface area contributed by atoms with Gasteiger partial charge >= 0.3 is 0 Å². The monoisotopic (exact) mass is 740 g/mol. The number of aromatic nitrogens is 2. The Kier molecular flexibility index (Phi) is 6.41. The van der Waals surface area contributed by atoms with Crippen molar-refractivity contribution in [3.8, 4) is 33.6 Å². The summed E-state index contributed by atoms with van der Waals surface area (Å²) < 4.78 is 18.6. The molecular formula is C54H32N2O2. The maximum Gasteiger partial charge on any atom is 0.144 e. The van der Waals surface area contributed by atoms with Crippen LogP contribution in [0.2, 0.25) is 0 Å². The quantitative estimate of drug-likeness (QED) is 0.180. The summed E-state index contributed by atoms with van der Waals surface area (Å²) in [7, 11) is 0. The maximum atomic E-state index is 7.02. The van der Waals surface area contributed by atoms with E-state index in [9.17, 15) is 0 Å². The summed E-state index contributed by atoms with van der Waals surface area (Å²) >= 11 is 0. The molecule has 58 heavy (non-hydrogen) atoms. The molecule has 0 saturated heterocycles. The molecule has 13 aromatic rings. The Hall–Kier alpha value is -7.82. The number of hydrogen-bond donors (Lipinski definition) is 0. The van der Waals surface area contributed by atoms with Crippen LogP contribution in [0, 0.1) is 0 Å². The normalized spacial score (nSPS) is 12.1. The SMILES string of the molecule is c1ccc(-c2cccc(-c3c4oc5ccc(-n6c7ccccc7c7ccccc76)cc5c4cc4oc5ccc(-n6c7ccccc7c7ccccc76)cc5c34)c2)cc1. The minimum atomic E-state index is 0.826. The Morgan fingerprint density at radius 2 is 0.776 bits per heavy atom. The van der Waals surface area contributed by atoms with Gasteiger partial charge in [-0.1, -0.05) is 121 Å². The Morgan fingerprint density at radius 1 is 0.293 bits per heavy atom. The van der Waals surface area contributed by atoms with E-state index in [1.54, 1.807) is 0 Å². The topological polar surface area (TPSA) is 36.1 Å². The number of rotatable bonds is 4. The highest BCUT2D eigenvalue weighted by Crippen LogP contribution is 2.47. The van der Waals surface area contributed by atoms with Gasteiger partial charge in [-0.15, -0.1) is 0 Å². The van der Waals surface area contributed by atoms with E-state index >= 15 is 0 Å². The molecule has 0 spiro atoms. The summed E-state index contributed by atoms with van der Waals surface area (Å²) in [5.74, 6) is 0. The van der Waals surface area contributed by atoms with Crippen LogP contribution in [0.5, 0.6) is 0 Å². The van der Waals surface area contributed by atoms with Gasteiger partial charge in [-0.25, -0.2) is 0 Å². The van der Waals surface area contributed by atoms with Crippen molar-refractivity contribution >= 4 is 87.5 Å². The minimum Gasteiger partial charge on any atom is -0.456 e. The van der Waals surface area contributed by atoms with Crippen LogP contribution in [-0.2, 0) is 0 Å². The molecule has 0 aliphatic rings. The highest BCUT2D eigenvalue weighted by molar-refractivity contribution is 6.24. The number of hydrogen-bond acceptors (Lipinski definition) is 2. The molecule has 270 valence electrons. The first-order chi connectivity index (χ1) is 28.8. The average Bonchev–Trinajstić information content (AvgIpc) is 4.03. The molecule has 0 N–H and O–H groups in total. The van der Waals surface area contributed by atoms with E-state index in [2.05, 4.69) is 203 Å². The third kappa shape index (κ3) is 4.40. The van der Waals surface area contributed by atoms with Crippen LogP contribution in [0.1, 0.15) is 0 Å². The van der Waals surface area contributed by atoms with Crippen molar-refractivity contribution in [2.75, 3.05) is 0 Å². The zero-order chi connectivity index (χ0) is 37.9. The van der Waals surface area contributed by atoms with Gasteiger partial charge in [0.2, 0.25) is 0 Å². The van der Waals surface area contributed by atoms with E-state index in [1.807, 2.05) is 0 Å². The maximum absolute atomic E-state index is 7.02. The molecule has 13 rings (SSSR count). The predicted molar refractivity (Wildman–Crippen MR) is 241 cm³/mol. The third-order valence-electron chi connectivity index (χ3n) is 12.1. The standard InChI is InChI=1S/C54H32N2O2/c1-2-13-33(14-3-1)34-15-12-16-35(29-34)52-53-44-31-37(56-47-23-10-6-19-40(47)41-20-7-11-24-48(41)56)26-28-50(44)57-51(53)32-43-42-30-36(25-27-49(42)58-54(43)52)55-45-21-8-4-17-38(45)39-18-5-9-22-46(39)55/h1-32H. The Morgan fingerprint density at radius 3 is 1.36 bits per heavy atom. The summed E-state index contributed by atoms with van der Waals surface area (Å²) in [4.78, 5) is 0. The highest BCUT2D eigenvalue weighted by Gasteiger charge is 2.23. The van der Waals surface area contributed by atoms with Gasteiger partial charge in [0, 0.05) is 60.0 Å². The van der Waals surface area contributed by atoms with Crippen LogP contribution in [0.25, 0.3) is 121 Å². The number of benzene rings is 9. The van der Waals surface area contributed by atoms with E-state index in [1.165, 1.54) is 49.2 Å². The van der Waals surface area contributed by atoms with Gasteiger partial charge in [-0.2, -0.15) is 0 Å². The van der Waals surface area contributed by atoms with Crippen molar-refractivity contribution < 1.29 is 8.83 Å². The van der Waals surface area contributed by atoms with Crippen molar-refractivity contribution in [1.29, 1.82) is 0 Å². The third-order valence-corrected chi connectivity index (χ3v) is 12.1. The van der Waals surface area contributed by atoms with Crippen LogP contribution in [0.3, 0.4) is 0 Å². The largest absolute Gasteiger partial charge is 0.456 e. The van der Waals surface area contributed by atoms with Gasteiger partial charge < -0.3 is 18.0 Å². The van der Waals surface area contributed by atoms with Crippen LogP contribution in [-0.4, -0.2) is 9.13 Å². The molecule has 4 heterocycles. The Labute approximate surface area is 332 Å². The second kappa shape index (κ2) is 11.8. The molecule has 9 aromatic carbocycles. The number of fused-ring (bicyclic) bond motifs is 12. The van der Waals surface area contributed by atoms with E-state index in [0.717, 1.165) is 71.9 Å². The van der Waals surface area contributed by atoms with Gasteiger partial charge in [0.25, 0.3) is 0 Å². The van der Waals surface area contributed by atoms with Crippen molar-refractivity contribution in [3.63, 3.8) is 0 Å². The molecule has 0 amide bonds. The zero-order valence-corrected chi connectivity index (χ0v) is 31.2. The molecule has 0 aliphatic heterocycles. The Bertz CT molecular complexity index is 3690. The smallest absolute Gasteiger partial charge is 0.144 e. The van der Waals surface area contributed by atoms with E-state index in [-0.39, 0.29) is 0 Å². The second-order valence-electron chi connectivity index (χ2n) is 15.3. The zero-order valence-electron chi connectivity index (χ0n) is 31.2. The lowest BCUT2D eigenvalue weighted by atomic mass is 9.94. The van der Waals surface area contributed by atoms with Gasteiger partial charge in [-0.3, -0.25) is 0 Å². The fourth-order valence-electron chi connectivity index (χ4n) is 9.58. The summed E-state index contributed by atoms with van der Waals surface area (Å²) in [5, 5.41) is 9.09. The van der Waals surface area contributed by atoms with Gasteiger partial charge in [0.1, 0.15) is 22.3 Å². The predicted octanol–water partition coefficient (Wildman–Crippen LogP) is 15.0. The molecule has 0 radical (unpaired) electrons. The fourth-order valence-corrected chi connectivity index (χ4v) is 9.58. The van der Waals surface area contributed by atoms with Crippen LogP contribution >= 0.6 is 0 Å². The first-order valence-corrected chi connectivity index (χ1v) is 19.8. The van der Waals surface area contributed by atoms with E-state index < -0.39 is 0 Å². The molecule has 0 aliphatic carbocycles. The van der Waals surface area contributed by atoms with Gasteiger partial charge in [0.15, 0.2) is 0 Å². The molecule has 4 aromatic heterocycles.